The first-order valence-corrected chi connectivity index (χ1v) is 7.46. The summed E-state index contributed by atoms with van der Waals surface area (Å²) >= 11 is 11.9. The van der Waals surface area contributed by atoms with Gasteiger partial charge in [-0.05, 0) is 41.9 Å². The lowest BCUT2D eigenvalue weighted by Crippen LogP contribution is -2.33. The van der Waals surface area contributed by atoms with Crippen molar-refractivity contribution in [3.63, 3.8) is 0 Å². The van der Waals surface area contributed by atoms with Crippen molar-refractivity contribution in [2.24, 2.45) is 0 Å². The minimum absolute atomic E-state index is 0.0343. The zero-order valence-electron chi connectivity index (χ0n) is 10.7. The molecule has 2 N–H and O–H groups in total. The Labute approximate surface area is 138 Å². The Kier molecular flexibility index (Phi) is 5.05. The summed E-state index contributed by atoms with van der Waals surface area (Å²) in [7, 11) is 0. The number of thiocarbonyl (C=S) groups is 1. The van der Waals surface area contributed by atoms with Crippen LogP contribution in [0.5, 0.6) is 0 Å². The highest BCUT2D eigenvalue weighted by molar-refractivity contribution is 7.80. The molecule has 0 bridgehead atoms. The summed E-state index contributed by atoms with van der Waals surface area (Å²) in [6.07, 6.45) is -4.50. The van der Waals surface area contributed by atoms with Gasteiger partial charge < -0.3 is 5.32 Å². The van der Waals surface area contributed by atoms with Gasteiger partial charge in [-0.2, -0.15) is 13.2 Å². The van der Waals surface area contributed by atoms with Gasteiger partial charge in [-0.1, -0.05) is 17.7 Å². The van der Waals surface area contributed by atoms with Crippen molar-refractivity contribution in [3.05, 3.63) is 51.2 Å². The van der Waals surface area contributed by atoms with Gasteiger partial charge in [0.1, 0.15) is 0 Å². The highest BCUT2D eigenvalue weighted by Gasteiger charge is 2.31. The van der Waals surface area contributed by atoms with Crippen LogP contribution in [0, 0.1) is 0 Å². The Morgan fingerprint density at radius 2 is 2.00 bits per heavy atom. The lowest BCUT2D eigenvalue weighted by atomic mass is 10.2. The maximum atomic E-state index is 12.7. The summed E-state index contributed by atoms with van der Waals surface area (Å²) in [5, 5.41) is 6.49. The summed E-state index contributed by atoms with van der Waals surface area (Å²) in [6, 6.07) is 6.09. The van der Waals surface area contributed by atoms with Crippen molar-refractivity contribution in [2.45, 2.75) is 6.18 Å². The number of benzene rings is 1. The number of carbonyl (C=O) groups is 1. The molecule has 22 heavy (non-hydrogen) atoms. The SMILES string of the molecule is O=C(NC(=S)Nc1cc(C(F)(F)F)ccc1Cl)c1cccs1. The quantitative estimate of drug-likeness (QED) is 0.768. The summed E-state index contributed by atoms with van der Waals surface area (Å²) in [5.41, 5.74) is -0.903. The standard InChI is InChI=1S/C13H8ClF3N2OS2/c14-8-4-3-7(13(15,16)17)6-9(8)18-12(21)19-11(20)10-2-1-5-22-10/h1-6H,(H2,18,19,20,21). The predicted octanol–water partition coefficient (Wildman–Crippen LogP) is 4.55. The third-order valence-corrected chi connectivity index (χ3v) is 3.92. The Morgan fingerprint density at radius 1 is 1.27 bits per heavy atom. The number of nitrogens with one attached hydrogen (secondary N) is 2. The maximum absolute atomic E-state index is 12.7. The monoisotopic (exact) mass is 364 g/mol. The minimum Gasteiger partial charge on any atom is -0.331 e. The fourth-order valence-electron chi connectivity index (χ4n) is 1.52. The Hall–Kier alpha value is -1.64. The lowest BCUT2D eigenvalue weighted by molar-refractivity contribution is -0.137. The van der Waals surface area contributed by atoms with Crippen LogP contribution in [0.4, 0.5) is 18.9 Å². The Balaban J connectivity index is 2.10. The first kappa shape index (κ1) is 16.7. The molecule has 1 aromatic carbocycles. The molecule has 0 radical (unpaired) electrons. The molecule has 0 saturated heterocycles. The van der Waals surface area contributed by atoms with Crippen LogP contribution in [0.2, 0.25) is 5.02 Å². The first-order valence-electron chi connectivity index (χ1n) is 5.80. The fourth-order valence-corrected chi connectivity index (χ4v) is 2.51. The van der Waals surface area contributed by atoms with Crippen LogP contribution in [0.25, 0.3) is 0 Å². The van der Waals surface area contributed by atoms with Crippen molar-refractivity contribution in [2.75, 3.05) is 5.32 Å². The second-order valence-electron chi connectivity index (χ2n) is 4.08. The van der Waals surface area contributed by atoms with Gasteiger partial charge >= 0.3 is 6.18 Å². The molecular weight excluding hydrogens is 357 g/mol. The molecule has 1 amide bonds. The number of carbonyl (C=O) groups excluding carboxylic acids is 1. The van der Waals surface area contributed by atoms with Crippen molar-refractivity contribution < 1.29 is 18.0 Å². The average molecular weight is 365 g/mol. The summed E-state index contributed by atoms with van der Waals surface area (Å²) in [6.45, 7) is 0. The molecule has 0 aliphatic rings. The van der Waals surface area contributed by atoms with E-state index in [0.717, 1.165) is 18.2 Å². The van der Waals surface area contributed by atoms with Crippen LogP contribution in [0.15, 0.2) is 35.7 Å². The number of anilines is 1. The number of hydrogen-bond acceptors (Lipinski definition) is 3. The van der Waals surface area contributed by atoms with E-state index in [2.05, 4.69) is 10.6 Å². The van der Waals surface area contributed by atoms with Gasteiger partial charge in [-0.15, -0.1) is 11.3 Å². The van der Waals surface area contributed by atoms with Crippen LogP contribution in [-0.2, 0) is 6.18 Å². The highest BCUT2D eigenvalue weighted by atomic mass is 35.5. The van der Waals surface area contributed by atoms with Crippen molar-refractivity contribution in [1.82, 2.24) is 5.32 Å². The number of amides is 1. The van der Waals surface area contributed by atoms with Crippen LogP contribution in [0.3, 0.4) is 0 Å². The Bertz CT molecular complexity index is 702. The fraction of sp³-hybridized carbons (Fsp3) is 0.0769. The van der Waals surface area contributed by atoms with E-state index in [1.54, 1.807) is 17.5 Å². The molecule has 3 nitrogen and oxygen atoms in total. The zero-order valence-corrected chi connectivity index (χ0v) is 13.1. The Morgan fingerprint density at radius 3 is 2.59 bits per heavy atom. The van der Waals surface area contributed by atoms with E-state index in [9.17, 15) is 18.0 Å². The van der Waals surface area contributed by atoms with Gasteiger partial charge in [-0.3, -0.25) is 10.1 Å². The summed E-state index contributed by atoms with van der Waals surface area (Å²) in [4.78, 5) is 12.2. The van der Waals surface area contributed by atoms with Gasteiger partial charge in [0.05, 0.1) is 21.2 Å². The second kappa shape index (κ2) is 6.64. The molecule has 0 aliphatic carbocycles. The van der Waals surface area contributed by atoms with Crippen LogP contribution in [0.1, 0.15) is 15.2 Å². The molecule has 0 spiro atoms. The molecule has 0 atom stereocenters. The van der Waals surface area contributed by atoms with Gasteiger partial charge in [0.25, 0.3) is 5.91 Å². The number of rotatable bonds is 2. The van der Waals surface area contributed by atoms with Crippen LogP contribution < -0.4 is 10.6 Å². The van der Waals surface area contributed by atoms with Crippen LogP contribution in [-0.4, -0.2) is 11.0 Å². The number of alkyl halides is 3. The van der Waals surface area contributed by atoms with E-state index in [1.165, 1.54) is 11.3 Å². The predicted molar refractivity (Wildman–Crippen MR) is 84.5 cm³/mol. The lowest BCUT2D eigenvalue weighted by Gasteiger charge is -2.13. The molecule has 1 aromatic heterocycles. The molecule has 0 saturated carbocycles. The average Bonchev–Trinajstić information content (AvgIpc) is 2.94. The third-order valence-electron chi connectivity index (χ3n) is 2.51. The smallest absolute Gasteiger partial charge is 0.331 e. The van der Waals surface area contributed by atoms with Crippen LogP contribution >= 0.6 is 35.2 Å². The topological polar surface area (TPSA) is 41.1 Å². The number of halogens is 4. The zero-order chi connectivity index (χ0) is 16.3. The molecule has 2 aromatic rings. The molecule has 2 rings (SSSR count). The summed E-state index contributed by atoms with van der Waals surface area (Å²) < 4.78 is 38.0. The van der Waals surface area contributed by atoms with E-state index in [-0.39, 0.29) is 15.8 Å². The molecule has 9 heteroatoms. The van der Waals surface area contributed by atoms with Gasteiger partial charge in [0, 0.05) is 0 Å². The minimum atomic E-state index is -4.50. The van der Waals surface area contributed by atoms with Gasteiger partial charge in [0.15, 0.2) is 5.11 Å². The molecule has 0 aliphatic heterocycles. The molecule has 116 valence electrons. The molecular formula is C13H8ClF3N2OS2. The number of hydrogen-bond donors (Lipinski definition) is 2. The van der Waals surface area contributed by atoms with E-state index in [0.29, 0.717) is 4.88 Å². The van der Waals surface area contributed by atoms with Gasteiger partial charge in [-0.25, -0.2) is 0 Å². The molecule has 0 unspecified atom stereocenters. The van der Waals surface area contributed by atoms with Crippen molar-refractivity contribution >= 4 is 51.9 Å². The second-order valence-corrected chi connectivity index (χ2v) is 5.84. The first-order chi connectivity index (χ1) is 10.3. The van der Waals surface area contributed by atoms with E-state index < -0.39 is 17.6 Å². The normalized spacial score (nSPS) is 11.1. The maximum Gasteiger partial charge on any atom is 0.416 e. The summed E-state index contributed by atoms with van der Waals surface area (Å²) in [5.74, 6) is -0.449. The largest absolute Gasteiger partial charge is 0.416 e. The molecule has 1 heterocycles. The highest BCUT2D eigenvalue weighted by Crippen LogP contribution is 2.33. The van der Waals surface area contributed by atoms with E-state index in [1.807, 2.05) is 0 Å². The van der Waals surface area contributed by atoms with E-state index >= 15 is 0 Å². The van der Waals surface area contributed by atoms with Crippen molar-refractivity contribution in [1.29, 1.82) is 0 Å². The molecule has 0 fully saturated rings. The van der Waals surface area contributed by atoms with E-state index in [4.69, 9.17) is 23.8 Å². The third kappa shape index (κ3) is 4.19. The van der Waals surface area contributed by atoms with Crippen molar-refractivity contribution in [3.8, 4) is 0 Å². The van der Waals surface area contributed by atoms with Gasteiger partial charge in [0.2, 0.25) is 0 Å². The number of thiophene rings is 1.